The average molecular weight is 260 g/mol. The maximum absolute atomic E-state index is 12.0. The van der Waals surface area contributed by atoms with E-state index in [1.54, 1.807) is 17.8 Å². The molecule has 0 saturated carbocycles. The predicted molar refractivity (Wildman–Crippen MR) is 70.5 cm³/mol. The molecule has 1 aromatic heterocycles. The summed E-state index contributed by atoms with van der Waals surface area (Å²) in [4.78, 5) is 16.0. The SMILES string of the molecule is Cc1cc(C)c(C(=O)OCc2ncnn2C)cc1N. The van der Waals surface area contributed by atoms with Gasteiger partial charge in [-0.15, -0.1) is 0 Å². The van der Waals surface area contributed by atoms with Crippen molar-refractivity contribution in [1.29, 1.82) is 0 Å². The lowest BCUT2D eigenvalue weighted by atomic mass is 10.0. The maximum atomic E-state index is 12.0. The molecule has 0 aliphatic carbocycles. The zero-order chi connectivity index (χ0) is 14.0. The van der Waals surface area contributed by atoms with Gasteiger partial charge in [0.1, 0.15) is 6.33 Å². The third kappa shape index (κ3) is 2.73. The molecule has 2 N–H and O–H groups in total. The topological polar surface area (TPSA) is 83.0 Å². The standard InChI is InChI=1S/C13H16N4O2/c1-8-4-9(2)11(14)5-10(8)13(18)19-6-12-15-7-16-17(12)3/h4-5,7H,6,14H2,1-3H3. The van der Waals surface area contributed by atoms with Crippen LogP contribution in [-0.4, -0.2) is 20.7 Å². The van der Waals surface area contributed by atoms with Crippen molar-refractivity contribution in [1.82, 2.24) is 14.8 Å². The summed E-state index contributed by atoms with van der Waals surface area (Å²) in [5.74, 6) is 0.179. The average Bonchev–Trinajstić information content (AvgIpc) is 2.76. The van der Waals surface area contributed by atoms with Crippen LogP contribution >= 0.6 is 0 Å². The molecule has 0 spiro atoms. The van der Waals surface area contributed by atoms with Gasteiger partial charge in [0.05, 0.1) is 5.56 Å². The number of aromatic nitrogens is 3. The highest BCUT2D eigenvalue weighted by molar-refractivity contribution is 5.92. The van der Waals surface area contributed by atoms with Crippen LogP contribution in [0.1, 0.15) is 27.3 Å². The van der Waals surface area contributed by atoms with E-state index in [1.807, 2.05) is 19.9 Å². The van der Waals surface area contributed by atoms with Gasteiger partial charge >= 0.3 is 5.97 Å². The largest absolute Gasteiger partial charge is 0.454 e. The van der Waals surface area contributed by atoms with Crippen molar-refractivity contribution in [2.45, 2.75) is 20.5 Å². The van der Waals surface area contributed by atoms with Crippen LogP contribution in [0.4, 0.5) is 5.69 Å². The highest BCUT2D eigenvalue weighted by atomic mass is 16.5. The first-order chi connectivity index (χ1) is 8.99. The Labute approximate surface area is 111 Å². The molecular weight excluding hydrogens is 244 g/mol. The highest BCUT2D eigenvalue weighted by Gasteiger charge is 2.13. The number of carbonyl (C=O) groups excluding carboxylic acids is 1. The molecule has 0 atom stereocenters. The number of aryl methyl sites for hydroxylation is 3. The van der Waals surface area contributed by atoms with E-state index < -0.39 is 5.97 Å². The first-order valence-corrected chi connectivity index (χ1v) is 5.85. The minimum atomic E-state index is -0.410. The van der Waals surface area contributed by atoms with E-state index in [9.17, 15) is 4.79 Å². The number of nitrogen functional groups attached to an aromatic ring is 1. The summed E-state index contributed by atoms with van der Waals surface area (Å²) in [6.45, 7) is 3.84. The van der Waals surface area contributed by atoms with Crippen LogP contribution in [0.3, 0.4) is 0 Å². The van der Waals surface area contributed by atoms with E-state index in [2.05, 4.69) is 10.1 Å². The Morgan fingerprint density at radius 3 is 2.74 bits per heavy atom. The lowest BCUT2D eigenvalue weighted by Gasteiger charge is -2.09. The van der Waals surface area contributed by atoms with Crippen molar-refractivity contribution >= 4 is 11.7 Å². The van der Waals surface area contributed by atoms with Crippen molar-refractivity contribution < 1.29 is 9.53 Å². The van der Waals surface area contributed by atoms with Crippen LogP contribution in [0, 0.1) is 13.8 Å². The summed E-state index contributed by atoms with van der Waals surface area (Å²) in [6.07, 6.45) is 1.41. The first kappa shape index (κ1) is 13.1. The molecule has 6 nitrogen and oxygen atoms in total. The Hall–Kier alpha value is -2.37. The summed E-state index contributed by atoms with van der Waals surface area (Å²) in [6, 6.07) is 3.51. The molecule has 19 heavy (non-hydrogen) atoms. The number of rotatable bonds is 3. The van der Waals surface area contributed by atoms with Crippen LogP contribution in [0.25, 0.3) is 0 Å². The summed E-state index contributed by atoms with van der Waals surface area (Å²) in [5, 5.41) is 3.90. The molecule has 0 aliphatic rings. The van der Waals surface area contributed by atoms with Crippen molar-refractivity contribution in [2.75, 3.05) is 5.73 Å². The first-order valence-electron chi connectivity index (χ1n) is 5.85. The molecule has 0 radical (unpaired) electrons. The molecule has 0 saturated heterocycles. The van der Waals surface area contributed by atoms with Crippen molar-refractivity contribution in [3.63, 3.8) is 0 Å². The van der Waals surface area contributed by atoms with Gasteiger partial charge in [0.15, 0.2) is 12.4 Å². The minimum Gasteiger partial charge on any atom is -0.454 e. The fourth-order valence-electron chi connectivity index (χ4n) is 1.75. The third-order valence-electron chi connectivity index (χ3n) is 2.97. The molecule has 0 amide bonds. The molecule has 2 aromatic rings. The zero-order valence-corrected chi connectivity index (χ0v) is 11.2. The maximum Gasteiger partial charge on any atom is 0.338 e. The quantitative estimate of drug-likeness (QED) is 0.665. The molecule has 0 fully saturated rings. The third-order valence-corrected chi connectivity index (χ3v) is 2.97. The van der Waals surface area contributed by atoms with Gasteiger partial charge in [-0.3, -0.25) is 4.68 Å². The van der Waals surface area contributed by atoms with Crippen LogP contribution < -0.4 is 5.73 Å². The Morgan fingerprint density at radius 1 is 1.37 bits per heavy atom. The van der Waals surface area contributed by atoms with Crippen LogP contribution in [0.15, 0.2) is 18.5 Å². The van der Waals surface area contributed by atoms with Gasteiger partial charge in [-0.1, -0.05) is 6.07 Å². The molecular formula is C13H16N4O2. The van der Waals surface area contributed by atoms with E-state index >= 15 is 0 Å². The summed E-state index contributed by atoms with van der Waals surface area (Å²) >= 11 is 0. The monoisotopic (exact) mass is 260 g/mol. The Balaban J connectivity index is 2.12. The van der Waals surface area contributed by atoms with Crippen molar-refractivity contribution in [2.24, 2.45) is 7.05 Å². The molecule has 1 heterocycles. The molecule has 0 aliphatic heterocycles. The van der Waals surface area contributed by atoms with Crippen LogP contribution in [0.2, 0.25) is 0 Å². The molecule has 6 heteroatoms. The van der Waals surface area contributed by atoms with Gasteiger partial charge in [0.2, 0.25) is 0 Å². The molecule has 100 valence electrons. The van der Waals surface area contributed by atoms with Gasteiger partial charge in [-0.25, -0.2) is 9.78 Å². The summed E-state index contributed by atoms with van der Waals surface area (Å²) < 4.78 is 6.77. The predicted octanol–water partition coefficient (Wildman–Crippen LogP) is 1.37. The number of hydrogen-bond donors (Lipinski definition) is 1. The van der Waals surface area contributed by atoms with Gasteiger partial charge in [0, 0.05) is 12.7 Å². The van der Waals surface area contributed by atoms with E-state index in [-0.39, 0.29) is 6.61 Å². The second kappa shape index (κ2) is 5.09. The van der Waals surface area contributed by atoms with Crippen molar-refractivity contribution in [3.05, 3.63) is 41.0 Å². The minimum absolute atomic E-state index is 0.0859. The smallest absolute Gasteiger partial charge is 0.338 e. The fourth-order valence-corrected chi connectivity index (χ4v) is 1.75. The molecule has 2 rings (SSSR count). The highest BCUT2D eigenvalue weighted by Crippen LogP contribution is 2.18. The fraction of sp³-hybridized carbons (Fsp3) is 0.308. The number of ether oxygens (including phenoxy) is 1. The van der Waals surface area contributed by atoms with Gasteiger partial charge in [0.25, 0.3) is 0 Å². The number of esters is 1. The number of nitrogens with zero attached hydrogens (tertiary/aromatic N) is 3. The lowest BCUT2D eigenvalue weighted by Crippen LogP contribution is -2.11. The van der Waals surface area contributed by atoms with Gasteiger partial charge in [-0.05, 0) is 31.0 Å². The van der Waals surface area contributed by atoms with E-state index in [1.165, 1.54) is 6.33 Å². The van der Waals surface area contributed by atoms with Crippen LogP contribution in [0.5, 0.6) is 0 Å². The van der Waals surface area contributed by atoms with E-state index in [4.69, 9.17) is 10.5 Å². The second-order valence-corrected chi connectivity index (χ2v) is 4.40. The second-order valence-electron chi connectivity index (χ2n) is 4.40. The number of hydrogen-bond acceptors (Lipinski definition) is 5. The normalized spacial score (nSPS) is 10.5. The zero-order valence-electron chi connectivity index (χ0n) is 11.2. The summed E-state index contributed by atoms with van der Waals surface area (Å²) in [5.41, 5.74) is 8.65. The number of carbonyl (C=O) groups is 1. The summed E-state index contributed by atoms with van der Waals surface area (Å²) in [7, 11) is 1.74. The number of benzene rings is 1. The lowest BCUT2D eigenvalue weighted by molar-refractivity contribution is 0.0457. The molecule has 0 bridgehead atoms. The van der Waals surface area contributed by atoms with Gasteiger partial charge in [-0.2, -0.15) is 5.10 Å². The van der Waals surface area contributed by atoms with E-state index in [0.29, 0.717) is 17.1 Å². The Kier molecular flexibility index (Phi) is 3.50. The van der Waals surface area contributed by atoms with Crippen LogP contribution in [-0.2, 0) is 18.4 Å². The van der Waals surface area contributed by atoms with E-state index in [0.717, 1.165) is 11.1 Å². The molecule has 0 unspecified atom stereocenters. The van der Waals surface area contributed by atoms with Gasteiger partial charge < -0.3 is 10.5 Å². The Bertz CT molecular complexity index is 619. The van der Waals surface area contributed by atoms with Crippen molar-refractivity contribution in [3.8, 4) is 0 Å². The Morgan fingerprint density at radius 2 is 2.11 bits per heavy atom. The number of nitrogens with two attached hydrogens (primary N) is 1. The number of anilines is 1. The molecule has 1 aromatic carbocycles.